The Balaban J connectivity index is 2.27. The second kappa shape index (κ2) is 4.06. The first-order valence-electron chi connectivity index (χ1n) is 4.89. The largest absolute Gasteiger partial charge is 0.396 e. The van der Waals surface area contributed by atoms with Gasteiger partial charge in [0.1, 0.15) is 11.9 Å². The van der Waals surface area contributed by atoms with E-state index in [0.717, 1.165) is 0 Å². The maximum absolute atomic E-state index is 11.2. The monoisotopic (exact) mass is 217 g/mol. The van der Waals surface area contributed by atoms with Gasteiger partial charge in [0.15, 0.2) is 5.69 Å². The summed E-state index contributed by atoms with van der Waals surface area (Å²) in [6, 6.07) is 5.27. The number of nitrogens with one attached hydrogen (secondary N) is 1. The van der Waals surface area contributed by atoms with Crippen LogP contribution in [0.25, 0.3) is 0 Å². The minimum atomic E-state index is -0.0385. The molecule has 1 aromatic heterocycles. The molecule has 0 unspecified atom stereocenters. The number of nitrogen functional groups attached to an aromatic ring is 1. The highest BCUT2D eigenvalue weighted by Gasteiger charge is 2.18. The van der Waals surface area contributed by atoms with E-state index in [0.29, 0.717) is 24.6 Å². The van der Waals surface area contributed by atoms with Crippen LogP contribution in [0.3, 0.4) is 0 Å². The minimum Gasteiger partial charge on any atom is -0.396 e. The number of aromatic nitrogens is 1. The van der Waals surface area contributed by atoms with Crippen molar-refractivity contribution in [3.63, 3.8) is 0 Å². The summed E-state index contributed by atoms with van der Waals surface area (Å²) in [6.07, 6.45) is 0. The van der Waals surface area contributed by atoms with Crippen molar-refractivity contribution in [1.82, 2.24) is 10.3 Å². The van der Waals surface area contributed by atoms with Crippen molar-refractivity contribution in [1.29, 1.82) is 5.26 Å². The number of piperazine rings is 1. The SMILES string of the molecule is N#Cc1nc(N2CCNC(=O)C2)ccc1N. The second-order valence-corrected chi connectivity index (χ2v) is 3.49. The van der Waals surface area contributed by atoms with Gasteiger partial charge >= 0.3 is 0 Å². The van der Waals surface area contributed by atoms with Crippen LogP contribution < -0.4 is 16.0 Å². The van der Waals surface area contributed by atoms with E-state index >= 15 is 0 Å². The van der Waals surface area contributed by atoms with Gasteiger partial charge in [-0.05, 0) is 12.1 Å². The lowest BCUT2D eigenvalue weighted by Crippen LogP contribution is -2.48. The van der Waals surface area contributed by atoms with Crippen LogP contribution in [0.2, 0.25) is 0 Å². The van der Waals surface area contributed by atoms with Gasteiger partial charge in [-0.3, -0.25) is 4.79 Å². The molecule has 0 bridgehead atoms. The molecule has 1 saturated heterocycles. The van der Waals surface area contributed by atoms with E-state index in [2.05, 4.69) is 10.3 Å². The van der Waals surface area contributed by atoms with Crippen molar-refractivity contribution in [3.8, 4) is 6.07 Å². The van der Waals surface area contributed by atoms with Gasteiger partial charge in [0.2, 0.25) is 5.91 Å². The third-order valence-corrected chi connectivity index (χ3v) is 2.38. The van der Waals surface area contributed by atoms with Gasteiger partial charge in [-0.25, -0.2) is 4.98 Å². The van der Waals surface area contributed by atoms with Crippen molar-refractivity contribution in [2.45, 2.75) is 0 Å². The van der Waals surface area contributed by atoms with Crippen LogP contribution in [0.1, 0.15) is 5.69 Å². The quantitative estimate of drug-likeness (QED) is 0.659. The van der Waals surface area contributed by atoms with Gasteiger partial charge in [-0.15, -0.1) is 0 Å². The van der Waals surface area contributed by atoms with Gasteiger partial charge < -0.3 is 16.0 Å². The van der Waals surface area contributed by atoms with E-state index in [1.165, 1.54) is 0 Å². The molecule has 6 nitrogen and oxygen atoms in total. The lowest BCUT2D eigenvalue weighted by atomic mass is 10.3. The van der Waals surface area contributed by atoms with E-state index < -0.39 is 0 Å². The molecular weight excluding hydrogens is 206 g/mol. The van der Waals surface area contributed by atoms with E-state index in [-0.39, 0.29) is 18.1 Å². The summed E-state index contributed by atoms with van der Waals surface area (Å²) in [6.45, 7) is 1.54. The first-order chi connectivity index (χ1) is 7.70. The molecule has 82 valence electrons. The third-order valence-electron chi connectivity index (χ3n) is 2.38. The maximum Gasteiger partial charge on any atom is 0.239 e. The Morgan fingerprint density at radius 2 is 2.38 bits per heavy atom. The summed E-state index contributed by atoms with van der Waals surface area (Å²) in [4.78, 5) is 17.1. The van der Waals surface area contributed by atoms with Crippen LogP contribution in [0.5, 0.6) is 0 Å². The maximum atomic E-state index is 11.2. The normalized spacial score (nSPS) is 15.4. The molecule has 1 aliphatic heterocycles. The van der Waals surface area contributed by atoms with Crippen LogP contribution in [-0.2, 0) is 4.79 Å². The zero-order valence-corrected chi connectivity index (χ0v) is 8.60. The zero-order chi connectivity index (χ0) is 11.5. The highest BCUT2D eigenvalue weighted by atomic mass is 16.2. The van der Waals surface area contributed by atoms with Crippen LogP contribution in [0.4, 0.5) is 11.5 Å². The lowest BCUT2D eigenvalue weighted by molar-refractivity contribution is -0.120. The number of pyridine rings is 1. The molecule has 1 aromatic rings. The molecule has 1 aliphatic rings. The van der Waals surface area contributed by atoms with Crippen LogP contribution in [0, 0.1) is 11.3 Å². The molecule has 0 spiro atoms. The smallest absolute Gasteiger partial charge is 0.239 e. The summed E-state index contributed by atoms with van der Waals surface area (Å²) in [7, 11) is 0. The van der Waals surface area contributed by atoms with E-state index in [1.54, 1.807) is 12.1 Å². The fraction of sp³-hybridized carbons (Fsp3) is 0.300. The fourth-order valence-electron chi connectivity index (χ4n) is 1.56. The highest BCUT2D eigenvalue weighted by molar-refractivity contribution is 5.82. The number of nitrogens with two attached hydrogens (primary N) is 1. The number of anilines is 2. The van der Waals surface area contributed by atoms with Crippen molar-refractivity contribution in [3.05, 3.63) is 17.8 Å². The summed E-state index contributed by atoms with van der Waals surface area (Å²) >= 11 is 0. The predicted molar refractivity (Wildman–Crippen MR) is 58.6 cm³/mol. The van der Waals surface area contributed by atoms with E-state index in [9.17, 15) is 4.79 Å². The summed E-state index contributed by atoms with van der Waals surface area (Å²) < 4.78 is 0. The molecular formula is C10H11N5O. The summed E-state index contributed by atoms with van der Waals surface area (Å²) in [5.74, 6) is 0.573. The van der Waals surface area contributed by atoms with Crippen molar-refractivity contribution in [2.75, 3.05) is 30.3 Å². The number of nitriles is 1. The van der Waals surface area contributed by atoms with Crippen LogP contribution in [0.15, 0.2) is 12.1 Å². The molecule has 1 fully saturated rings. The molecule has 0 aliphatic carbocycles. The Bertz CT molecular complexity index is 465. The average Bonchev–Trinajstić information content (AvgIpc) is 2.29. The van der Waals surface area contributed by atoms with Gasteiger partial charge in [0, 0.05) is 13.1 Å². The minimum absolute atomic E-state index is 0.0385. The summed E-state index contributed by atoms with van der Waals surface area (Å²) in [5.41, 5.74) is 6.13. The number of carbonyl (C=O) groups excluding carboxylic acids is 1. The number of nitrogens with zero attached hydrogens (tertiary/aromatic N) is 3. The number of hydrogen-bond donors (Lipinski definition) is 2. The van der Waals surface area contributed by atoms with Crippen LogP contribution >= 0.6 is 0 Å². The predicted octanol–water partition coefficient (Wildman–Crippen LogP) is -0.528. The molecule has 0 aromatic carbocycles. The van der Waals surface area contributed by atoms with Gasteiger partial charge in [-0.2, -0.15) is 5.26 Å². The Morgan fingerprint density at radius 3 is 3.06 bits per heavy atom. The Labute approximate surface area is 92.7 Å². The van der Waals surface area contributed by atoms with Gasteiger partial charge in [0.05, 0.1) is 12.2 Å². The molecule has 0 atom stereocenters. The molecule has 2 heterocycles. The standard InChI is InChI=1S/C10H11N5O/c11-5-8-7(12)1-2-9(14-8)15-4-3-13-10(16)6-15/h1-2H,3-4,6,12H2,(H,13,16). The number of carbonyl (C=O) groups is 1. The van der Waals surface area contributed by atoms with E-state index in [1.807, 2.05) is 11.0 Å². The van der Waals surface area contributed by atoms with E-state index in [4.69, 9.17) is 11.0 Å². The van der Waals surface area contributed by atoms with Gasteiger partial charge in [-0.1, -0.05) is 0 Å². The number of rotatable bonds is 1. The van der Waals surface area contributed by atoms with Crippen molar-refractivity contribution < 1.29 is 4.79 Å². The topological polar surface area (TPSA) is 95.0 Å². The zero-order valence-electron chi connectivity index (χ0n) is 8.60. The fourth-order valence-corrected chi connectivity index (χ4v) is 1.56. The first-order valence-corrected chi connectivity index (χ1v) is 4.89. The molecule has 1 amide bonds. The lowest BCUT2D eigenvalue weighted by Gasteiger charge is -2.27. The Hall–Kier alpha value is -2.29. The Kier molecular flexibility index (Phi) is 2.60. The van der Waals surface area contributed by atoms with Crippen molar-refractivity contribution in [2.24, 2.45) is 0 Å². The van der Waals surface area contributed by atoms with Crippen molar-refractivity contribution >= 4 is 17.4 Å². The molecule has 3 N–H and O–H groups in total. The average molecular weight is 217 g/mol. The number of hydrogen-bond acceptors (Lipinski definition) is 5. The van der Waals surface area contributed by atoms with Gasteiger partial charge in [0.25, 0.3) is 0 Å². The second-order valence-electron chi connectivity index (χ2n) is 3.49. The number of amides is 1. The molecule has 2 rings (SSSR count). The molecule has 0 radical (unpaired) electrons. The highest BCUT2D eigenvalue weighted by Crippen LogP contribution is 2.16. The first kappa shape index (κ1) is 10.2. The van der Waals surface area contributed by atoms with Crippen LogP contribution in [-0.4, -0.2) is 30.5 Å². The third kappa shape index (κ3) is 1.88. The molecule has 0 saturated carbocycles. The Morgan fingerprint density at radius 1 is 1.56 bits per heavy atom. The molecule has 6 heteroatoms. The summed E-state index contributed by atoms with van der Waals surface area (Å²) in [5, 5.41) is 11.5. The molecule has 16 heavy (non-hydrogen) atoms.